The summed E-state index contributed by atoms with van der Waals surface area (Å²) in [5.41, 5.74) is 2.14. The molecule has 56 valence electrons. The van der Waals surface area contributed by atoms with Crippen LogP contribution in [0, 0.1) is 6.92 Å². The number of furan rings is 1. The van der Waals surface area contributed by atoms with Crippen LogP contribution in [0.25, 0.3) is 11.0 Å². The van der Waals surface area contributed by atoms with Crippen LogP contribution in [0.3, 0.4) is 0 Å². The van der Waals surface area contributed by atoms with Crippen molar-refractivity contribution in [2.45, 2.75) is 6.92 Å². The fraction of sp³-hybridized carbons (Fsp3) is 0.111. The smallest absolute Gasteiger partial charge is 0.148 e. The molecule has 0 spiro atoms. The lowest BCUT2D eigenvalue weighted by atomic mass is 10.2. The third kappa shape index (κ3) is 0.979. The largest absolute Gasteiger partial charge is 0.463 e. The zero-order valence-corrected chi connectivity index (χ0v) is 7.68. The van der Waals surface area contributed by atoms with Gasteiger partial charge in [-0.05, 0) is 34.5 Å². The second-order valence-electron chi connectivity index (χ2n) is 2.54. The van der Waals surface area contributed by atoms with Gasteiger partial charge in [0.05, 0.1) is 10.7 Å². The second kappa shape index (κ2) is 2.38. The van der Waals surface area contributed by atoms with Gasteiger partial charge >= 0.3 is 0 Å². The number of rotatable bonds is 0. The normalized spacial score (nSPS) is 10.7. The molecule has 11 heavy (non-hydrogen) atoms. The fourth-order valence-electron chi connectivity index (χ4n) is 1.10. The highest BCUT2D eigenvalue weighted by Gasteiger charge is 2.02. The van der Waals surface area contributed by atoms with E-state index in [0.29, 0.717) is 0 Å². The molecule has 1 aromatic heterocycles. The van der Waals surface area contributed by atoms with E-state index in [-0.39, 0.29) is 0 Å². The fourth-order valence-corrected chi connectivity index (χ4v) is 1.55. The molecule has 0 bridgehead atoms. The summed E-state index contributed by atoms with van der Waals surface area (Å²) in [7, 11) is 0. The quantitative estimate of drug-likeness (QED) is 0.649. The molecule has 2 rings (SSSR count). The van der Waals surface area contributed by atoms with E-state index in [1.807, 2.05) is 13.0 Å². The SMILES string of the molecule is Cc1ccc2ccoc2c1Br. The molecule has 1 nitrogen and oxygen atoms in total. The van der Waals surface area contributed by atoms with Gasteiger partial charge in [0, 0.05) is 5.39 Å². The summed E-state index contributed by atoms with van der Waals surface area (Å²) in [6.07, 6.45) is 1.70. The van der Waals surface area contributed by atoms with Gasteiger partial charge in [0.1, 0.15) is 5.58 Å². The van der Waals surface area contributed by atoms with Crippen LogP contribution in [0.1, 0.15) is 5.56 Å². The van der Waals surface area contributed by atoms with Crippen molar-refractivity contribution in [3.8, 4) is 0 Å². The predicted octanol–water partition coefficient (Wildman–Crippen LogP) is 3.50. The zero-order chi connectivity index (χ0) is 7.84. The summed E-state index contributed by atoms with van der Waals surface area (Å²) in [5, 5.41) is 1.14. The van der Waals surface area contributed by atoms with Crippen molar-refractivity contribution in [1.82, 2.24) is 0 Å². The lowest BCUT2D eigenvalue weighted by molar-refractivity contribution is 0.613. The minimum atomic E-state index is 0.935. The number of hydrogen-bond donors (Lipinski definition) is 0. The Bertz CT molecular complexity index is 389. The molecule has 0 aliphatic rings. The van der Waals surface area contributed by atoms with Gasteiger partial charge in [-0.25, -0.2) is 0 Å². The van der Waals surface area contributed by atoms with E-state index in [1.54, 1.807) is 6.26 Å². The molecule has 0 saturated heterocycles. The number of aryl methyl sites for hydroxylation is 1. The summed E-state index contributed by atoms with van der Waals surface area (Å²) in [4.78, 5) is 0. The average Bonchev–Trinajstić information content (AvgIpc) is 2.45. The number of fused-ring (bicyclic) bond motifs is 1. The lowest BCUT2D eigenvalue weighted by Gasteiger charge is -1.96. The molecule has 0 aliphatic heterocycles. The van der Waals surface area contributed by atoms with Crippen molar-refractivity contribution in [2.75, 3.05) is 0 Å². The van der Waals surface area contributed by atoms with Gasteiger partial charge in [0.2, 0.25) is 0 Å². The Kier molecular flexibility index (Phi) is 1.50. The van der Waals surface area contributed by atoms with Crippen LogP contribution < -0.4 is 0 Å². The molecule has 0 fully saturated rings. The molecule has 0 aliphatic carbocycles. The van der Waals surface area contributed by atoms with Gasteiger partial charge in [-0.3, -0.25) is 0 Å². The number of hydrogen-bond acceptors (Lipinski definition) is 1. The van der Waals surface area contributed by atoms with Gasteiger partial charge in [-0.15, -0.1) is 0 Å². The third-order valence-electron chi connectivity index (χ3n) is 1.75. The van der Waals surface area contributed by atoms with E-state index in [9.17, 15) is 0 Å². The first-order chi connectivity index (χ1) is 5.29. The second-order valence-corrected chi connectivity index (χ2v) is 3.33. The van der Waals surface area contributed by atoms with Crippen molar-refractivity contribution >= 4 is 26.9 Å². The average molecular weight is 211 g/mol. The first kappa shape index (κ1) is 6.92. The Morgan fingerprint density at radius 1 is 1.27 bits per heavy atom. The molecule has 1 heterocycles. The van der Waals surface area contributed by atoms with E-state index in [1.165, 1.54) is 5.56 Å². The summed E-state index contributed by atoms with van der Waals surface area (Å²) >= 11 is 3.47. The molecule has 2 heteroatoms. The highest BCUT2D eigenvalue weighted by atomic mass is 79.9. The monoisotopic (exact) mass is 210 g/mol. The molecule has 0 amide bonds. The van der Waals surface area contributed by atoms with Gasteiger partial charge in [0.25, 0.3) is 0 Å². The topological polar surface area (TPSA) is 13.1 Å². The Morgan fingerprint density at radius 2 is 2.09 bits per heavy atom. The van der Waals surface area contributed by atoms with Crippen LogP contribution in [0.2, 0.25) is 0 Å². The third-order valence-corrected chi connectivity index (χ3v) is 2.74. The van der Waals surface area contributed by atoms with Crippen LogP contribution >= 0.6 is 15.9 Å². The van der Waals surface area contributed by atoms with Crippen LogP contribution in [-0.2, 0) is 0 Å². The minimum Gasteiger partial charge on any atom is -0.463 e. The number of benzene rings is 1. The standard InChI is InChI=1S/C9H7BrO/c1-6-2-3-7-4-5-11-9(7)8(6)10/h2-5H,1H3. The van der Waals surface area contributed by atoms with Crippen molar-refractivity contribution in [2.24, 2.45) is 0 Å². The van der Waals surface area contributed by atoms with E-state index in [4.69, 9.17) is 4.42 Å². The first-order valence-electron chi connectivity index (χ1n) is 3.41. The van der Waals surface area contributed by atoms with Crippen LogP contribution in [0.4, 0.5) is 0 Å². The van der Waals surface area contributed by atoms with Gasteiger partial charge in [0.15, 0.2) is 0 Å². The Labute approximate surface area is 73.1 Å². The molecule has 0 radical (unpaired) electrons. The van der Waals surface area contributed by atoms with Gasteiger partial charge in [-0.2, -0.15) is 0 Å². The molecular weight excluding hydrogens is 204 g/mol. The van der Waals surface area contributed by atoms with Crippen molar-refractivity contribution < 1.29 is 4.42 Å². The van der Waals surface area contributed by atoms with Crippen molar-refractivity contribution in [1.29, 1.82) is 0 Å². The van der Waals surface area contributed by atoms with Crippen LogP contribution in [0.15, 0.2) is 33.4 Å². The summed E-state index contributed by atoms with van der Waals surface area (Å²) < 4.78 is 6.34. The van der Waals surface area contributed by atoms with E-state index in [2.05, 4.69) is 28.1 Å². The molecule has 1 aromatic carbocycles. The summed E-state index contributed by atoms with van der Waals surface area (Å²) in [6.45, 7) is 2.05. The zero-order valence-electron chi connectivity index (χ0n) is 6.10. The molecular formula is C9H7BrO. The minimum absolute atomic E-state index is 0.935. The number of halogens is 1. The maximum absolute atomic E-state index is 5.28. The van der Waals surface area contributed by atoms with Crippen molar-refractivity contribution in [3.63, 3.8) is 0 Å². The van der Waals surface area contributed by atoms with Gasteiger partial charge < -0.3 is 4.42 Å². The van der Waals surface area contributed by atoms with Crippen LogP contribution in [0.5, 0.6) is 0 Å². The first-order valence-corrected chi connectivity index (χ1v) is 4.20. The summed E-state index contributed by atoms with van der Waals surface area (Å²) in [5.74, 6) is 0. The highest BCUT2D eigenvalue weighted by Crippen LogP contribution is 2.27. The maximum Gasteiger partial charge on any atom is 0.148 e. The molecule has 0 saturated carbocycles. The Balaban J connectivity index is 2.93. The van der Waals surface area contributed by atoms with Crippen molar-refractivity contribution in [3.05, 3.63) is 34.5 Å². The van der Waals surface area contributed by atoms with Crippen LogP contribution in [-0.4, -0.2) is 0 Å². The summed E-state index contributed by atoms with van der Waals surface area (Å²) in [6, 6.07) is 6.08. The van der Waals surface area contributed by atoms with E-state index < -0.39 is 0 Å². The van der Waals surface area contributed by atoms with E-state index in [0.717, 1.165) is 15.4 Å². The Morgan fingerprint density at radius 3 is 2.91 bits per heavy atom. The molecule has 0 atom stereocenters. The molecule has 2 aromatic rings. The lowest BCUT2D eigenvalue weighted by Crippen LogP contribution is -1.73. The maximum atomic E-state index is 5.28. The molecule has 0 N–H and O–H groups in total. The Hall–Kier alpha value is -0.760. The van der Waals surface area contributed by atoms with Gasteiger partial charge in [-0.1, -0.05) is 12.1 Å². The highest BCUT2D eigenvalue weighted by molar-refractivity contribution is 9.10. The van der Waals surface area contributed by atoms with E-state index >= 15 is 0 Å². The molecule has 0 unspecified atom stereocenters. The predicted molar refractivity (Wildman–Crippen MR) is 48.7 cm³/mol.